The van der Waals surface area contributed by atoms with E-state index in [0.717, 1.165) is 31.6 Å². The van der Waals surface area contributed by atoms with Crippen LogP contribution in [0.3, 0.4) is 0 Å². The first kappa shape index (κ1) is 19.8. The molecule has 0 aromatic rings. The molecule has 0 heterocycles. The Kier molecular flexibility index (Phi) is 4.95. The summed E-state index contributed by atoms with van der Waals surface area (Å²) in [5.41, 5.74) is 1.83. The first-order chi connectivity index (χ1) is 13.9. The number of ketones is 1. The van der Waals surface area contributed by atoms with Crippen molar-refractivity contribution in [3.8, 4) is 0 Å². The van der Waals surface area contributed by atoms with E-state index in [2.05, 4.69) is 13.8 Å². The van der Waals surface area contributed by atoms with Crippen LogP contribution in [0.5, 0.6) is 0 Å². The molecule has 0 aliphatic heterocycles. The highest BCUT2D eigenvalue weighted by Gasteiger charge is 2.59. The molecule has 0 N–H and O–H groups in total. The molecular formula is C26H38O3. The molecule has 0 amide bonds. The summed E-state index contributed by atoms with van der Waals surface area (Å²) in [4.78, 5) is 24.7. The maximum Gasteiger partial charge on any atom is 0.306 e. The van der Waals surface area contributed by atoms with Crippen LogP contribution < -0.4 is 0 Å². The third kappa shape index (κ3) is 3.22. The Morgan fingerprint density at radius 1 is 1.00 bits per heavy atom. The zero-order valence-electron chi connectivity index (χ0n) is 18.4. The van der Waals surface area contributed by atoms with E-state index in [1.54, 1.807) is 0 Å². The molecular weight excluding hydrogens is 360 g/mol. The van der Waals surface area contributed by atoms with Crippen LogP contribution in [0, 0.1) is 34.5 Å². The van der Waals surface area contributed by atoms with Crippen LogP contribution in [0.25, 0.3) is 0 Å². The van der Waals surface area contributed by atoms with Crippen molar-refractivity contribution >= 4 is 11.8 Å². The van der Waals surface area contributed by atoms with Crippen LogP contribution in [-0.2, 0) is 14.3 Å². The molecule has 5 rings (SSSR count). The van der Waals surface area contributed by atoms with Gasteiger partial charge in [-0.05, 0) is 93.0 Å². The highest BCUT2D eigenvalue weighted by Crippen LogP contribution is 2.65. The summed E-state index contributed by atoms with van der Waals surface area (Å²) >= 11 is 0. The van der Waals surface area contributed by atoms with Gasteiger partial charge in [-0.1, -0.05) is 32.3 Å². The lowest BCUT2D eigenvalue weighted by Crippen LogP contribution is -2.51. The van der Waals surface area contributed by atoms with Crippen LogP contribution in [0.4, 0.5) is 0 Å². The van der Waals surface area contributed by atoms with Gasteiger partial charge >= 0.3 is 5.97 Å². The van der Waals surface area contributed by atoms with Gasteiger partial charge in [0.1, 0.15) is 6.10 Å². The minimum absolute atomic E-state index is 0.0671. The van der Waals surface area contributed by atoms with Gasteiger partial charge in [0.25, 0.3) is 0 Å². The lowest BCUT2D eigenvalue weighted by Gasteiger charge is -2.57. The van der Waals surface area contributed by atoms with Gasteiger partial charge in [0.15, 0.2) is 5.78 Å². The lowest BCUT2D eigenvalue weighted by molar-refractivity contribution is -0.160. The summed E-state index contributed by atoms with van der Waals surface area (Å²) < 4.78 is 6.18. The number of esters is 1. The second kappa shape index (κ2) is 7.24. The second-order valence-electron chi connectivity index (χ2n) is 11.4. The zero-order valence-corrected chi connectivity index (χ0v) is 18.4. The topological polar surface area (TPSA) is 43.4 Å². The third-order valence-corrected chi connectivity index (χ3v) is 10.1. The van der Waals surface area contributed by atoms with Gasteiger partial charge in [-0.25, -0.2) is 0 Å². The van der Waals surface area contributed by atoms with E-state index in [1.165, 1.54) is 56.9 Å². The molecule has 0 radical (unpaired) electrons. The molecule has 0 unspecified atom stereocenters. The number of carbonyl (C=O) groups is 2. The van der Waals surface area contributed by atoms with Crippen molar-refractivity contribution in [3.05, 3.63) is 11.6 Å². The molecule has 0 spiro atoms. The quantitative estimate of drug-likeness (QED) is 0.547. The van der Waals surface area contributed by atoms with E-state index in [4.69, 9.17) is 4.74 Å². The van der Waals surface area contributed by atoms with Crippen LogP contribution in [-0.4, -0.2) is 17.9 Å². The fraction of sp³-hybridized carbons (Fsp3) is 0.846. The fourth-order valence-electron chi connectivity index (χ4n) is 8.36. The van der Waals surface area contributed by atoms with Gasteiger partial charge in [0.2, 0.25) is 0 Å². The van der Waals surface area contributed by atoms with Crippen LogP contribution >= 0.6 is 0 Å². The molecule has 160 valence electrons. The molecule has 6 atom stereocenters. The van der Waals surface area contributed by atoms with Gasteiger partial charge in [0.05, 0.1) is 0 Å². The number of carbonyl (C=O) groups excluding carboxylic acids is 2. The van der Waals surface area contributed by atoms with E-state index >= 15 is 0 Å². The minimum atomic E-state index is 0.0671. The number of ether oxygens (including phenoxy) is 1. The van der Waals surface area contributed by atoms with Crippen molar-refractivity contribution in [1.29, 1.82) is 0 Å². The molecule has 3 heteroatoms. The van der Waals surface area contributed by atoms with Gasteiger partial charge in [0, 0.05) is 18.3 Å². The largest absolute Gasteiger partial charge is 0.462 e. The standard InChI is InChI=1S/C26H38O3/c1-25-13-11-19(27)16-18(25)7-8-20-21-9-10-23(26(21,2)14-12-22(20)25)29-24(28)15-17-5-3-4-6-17/h16-17,20-23H,3-15H2,1-2H3/t20-,21-,22-,23-,25-,26-/m0/s1. The minimum Gasteiger partial charge on any atom is -0.462 e. The molecule has 0 bridgehead atoms. The molecule has 3 nitrogen and oxygen atoms in total. The third-order valence-electron chi connectivity index (χ3n) is 10.1. The van der Waals surface area contributed by atoms with Gasteiger partial charge in [-0.2, -0.15) is 0 Å². The number of allylic oxidation sites excluding steroid dienone is 1. The number of fused-ring (bicyclic) bond motifs is 5. The molecule has 5 aliphatic rings. The summed E-state index contributed by atoms with van der Waals surface area (Å²) in [6.45, 7) is 4.87. The molecule has 0 saturated heterocycles. The Bertz CT molecular complexity index is 717. The summed E-state index contributed by atoms with van der Waals surface area (Å²) in [7, 11) is 0. The van der Waals surface area contributed by atoms with Crippen LogP contribution in [0.1, 0.15) is 97.3 Å². The van der Waals surface area contributed by atoms with Crippen molar-refractivity contribution in [3.63, 3.8) is 0 Å². The zero-order chi connectivity index (χ0) is 20.2. The van der Waals surface area contributed by atoms with Gasteiger partial charge in [-0.3, -0.25) is 9.59 Å². The van der Waals surface area contributed by atoms with Crippen molar-refractivity contribution < 1.29 is 14.3 Å². The van der Waals surface area contributed by atoms with Crippen molar-refractivity contribution in [2.24, 2.45) is 34.5 Å². The second-order valence-corrected chi connectivity index (χ2v) is 11.4. The summed E-state index contributed by atoms with van der Waals surface area (Å²) in [5, 5.41) is 0. The van der Waals surface area contributed by atoms with Gasteiger partial charge in [-0.15, -0.1) is 0 Å². The van der Waals surface area contributed by atoms with Crippen molar-refractivity contribution in [1.82, 2.24) is 0 Å². The normalized spacial score (nSPS) is 44.6. The Morgan fingerprint density at radius 3 is 2.59 bits per heavy atom. The summed E-state index contributed by atoms with van der Waals surface area (Å²) in [5.74, 6) is 3.11. The average molecular weight is 399 g/mol. The Morgan fingerprint density at radius 2 is 1.79 bits per heavy atom. The van der Waals surface area contributed by atoms with E-state index in [0.29, 0.717) is 30.0 Å². The maximum absolute atomic E-state index is 12.7. The molecule has 5 aliphatic carbocycles. The first-order valence-corrected chi connectivity index (χ1v) is 12.3. The Balaban J connectivity index is 1.30. The number of hydrogen-bond donors (Lipinski definition) is 0. The first-order valence-electron chi connectivity index (χ1n) is 12.3. The molecule has 29 heavy (non-hydrogen) atoms. The number of rotatable bonds is 3. The molecule has 4 fully saturated rings. The predicted octanol–water partition coefficient (Wildman–Crippen LogP) is 6.01. The van der Waals surface area contributed by atoms with Crippen LogP contribution in [0.2, 0.25) is 0 Å². The maximum atomic E-state index is 12.7. The van der Waals surface area contributed by atoms with E-state index < -0.39 is 0 Å². The number of hydrogen-bond acceptors (Lipinski definition) is 3. The highest BCUT2D eigenvalue weighted by molar-refractivity contribution is 5.91. The smallest absolute Gasteiger partial charge is 0.306 e. The van der Waals surface area contributed by atoms with E-state index in [1.807, 2.05) is 6.08 Å². The predicted molar refractivity (Wildman–Crippen MR) is 113 cm³/mol. The Labute approximate surface area is 176 Å². The monoisotopic (exact) mass is 398 g/mol. The summed E-state index contributed by atoms with van der Waals surface area (Å²) in [6, 6.07) is 0. The van der Waals surface area contributed by atoms with E-state index in [9.17, 15) is 9.59 Å². The Hall–Kier alpha value is -1.12. The highest BCUT2D eigenvalue weighted by atomic mass is 16.5. The molecule has 0 aromatic heterocycles. The average Bonchev–Trinajstić information content (AvgIpc) is 3.30. The SMILES string of the molecule is C[C@]12CC[C@H]3[C@@H](CCC4=CC(=O)CC[C@@]43C)[C@@H]1CC[C@@H]2OC(=O)CC1CCCC1. The fourth-order valence-corrected chi connectivity index (χ4v) is 8.36. The summed E-state index contributed by atoms with van der Waals surface area (Å²) in [6.07, 6.45) is 16.5. The van der Waals surface area contributed by atoms with Crippen LogP contribution in [0.15, 0.2) is 11.6 Å². The molecule has 4 saturated carbocycles. The lowest BCUT2D eigenvalue weighted by atomic mass is 9.47. The van der Waals surface area contributed by atoms with E-state index in [-0.39, 0.29) is 22.9 Å². The van der Waals surface area contributed by atoms with Crippen molar-refractivity contribution in [2.75, 3.05) is 0 Å². The van der Waals surface area contributed by atoms with Gasteiger partial charge < -0.3 is 4.74 Å². The van der Waals surface area contributed by atoms with Crippen molar-refractivity contribution in [2.45, 2.75) is 103 Å². The molecule has 0 aromatic carbocycles.